The van der Waals surface area contributed by atoms with E-state index in [4.69, 9.17) is 15.3 Å². The van der Waals surface area contributed by atoms with Crippen molar-refractivity contribution in [1.82, 2.24) is 0 Å². The van der Waals surface area contributed by atoms with Crippen molar-refractivity contribution >= 4 is 11.9 Å². The molecule has 0 saturated heterocycles. The molecule has 2 unspecified atom stereocenters. The zero-order chi connectivity index (χ0) is 14.7. The highest BCUT2D eigenvalue weighted by Gasteiger charge is 2.02. The number of ether oxygens (including phenoxy) is 1. The number of hydrogen-bond acceptors (Lipinski definition) is 5. The van der Waals surface area contributed by atoms with Gasteiger partial charge in [-0.15, -0.1) is 0 Å². The molecule has 104 valence electrons. The van der Waals surface area contributed by atoms with Crippen LogP contribution in [0.2, 0.25) is 0 Å². The Morgan fingerprint density at radius 3 is 2.11 bits per heavy atom. The van der Waals surface area contributed by atoms with Crippen molar-refractivity contribution in [2.75, 3.05) is 0 Å². The van der Waals surface area contributed by atoms with Gasteiger partial charge >= 0.3 is 11.9 Å². The van der Waals surface area contributed by atoms with Crippen LogP contribution in [-0.2, 0) is 14.3 Å². The fraction of sp³-hybridized carbons (Fsp3) is 0.500. The van der Waals surface area contributed by atoms with E-state index < -0.39 is 24.3 Å². The molecular formula is C12H20O6. The Kier molecular flexibility index (Phi) is 10.9. The summed E-state index contributed by atoms with van der Waals surface area (Å²) in [5.74, 6) is -1.58. The first-order valence-electron chi connectivity index (χ1n) is 5.35. The Morgan fingerprint density at radius 2 is 1.89 bits per heavy atom. The lowest BCUT2D eigenvalue weighted by Gasteiger charge is -2.05. The maximum absolute atomic E-state index is 10.3. The van der Waals surface area contributed by atoms with Gasteiger partial charge in [-0.25, -0.2) is 9.59 Å². The summed E-state index contributed by atoms with van der Waals surface area (Å²) < 4.78 is 4.35. The van der Waals surface area contributed by atoms with Gasteiger partial charge in [-0.3, -0.25) is 0 Å². The number of esters is 1. The molecule has 0 aliphatic heterocycles. The summed E-state index contributed by atoms with van der Waals surface area (Å²) >= 11 is 0. The maximum Gasteiger partial charge on any atom is 0.332 e. The van der Waals surface area contributed by atoms with Crippen molar-refractivity contribution in [3.8, 4) is 0 Å². The third-order valence-corrected chi connectivity index (χ3v) is 1.60. The molecule has 0 amide bonds. The van der Waals surface area contributed by atoms with Crippen LogP contribution in [0.3, 0.4) is 0 Å². The van der Waals surface area contributed by atoms with Crippen molar-refractivity contribution < 1.29 is 29.6 Å². The average Bonchev–Trinajstić information content (AvgIpc) is 2.28. The van der Waals surface area contributed by atoms with Gasteiger partial charge in [-0.1, -0.05) is 13.5 Å². The molecular weight excluding hydrogens is 240 g/mol. The van der Waals surface area contributed by atoms with Gasteiger partial charge in [0.25, 0.3) is 0 Å². The largest absolute Gasteiger partial charge is 0.478 e. The lowest BCUT2D eigenvalue weighted by molar-refractivity contribution is -0.161. The second-order valence-corrected chi connectivity index (χ2v) is 3.40. The summed E-state index contributed by atoms with van der Waals surface area (Å²) in [4.78, 5) is 20.3. The van der Waals surface area contributed by atoms with E-state index in [9.17, 15) is 9.59 Å². The van der Waals surface area contributed by atoms with Crippen LogP contribution in [0.5, 0.6) is 0 Å². The van der Waals surface area contributed by atoms with Gasteiger partial charge in [0, 0.05) is 18.1 Å². The number of aliphatic hydroxyl groups is 2. The molecule has 6 heteroatoms. The molecule has 0 bridgehead atoms. The van der Waals surface area contributed by atoms with Crippen molar-refractivity contribution in [1.29, 1.82) is 0 Å². The summed E-state index contributed by atoms with van der Waals surface area (Å²) in [6.45, 7) is 7.82. The Bertz CT molecular complexity index is 306. The first-order chi connectivity index (χ1) is 8.24. The number of aliphatic hydroxyl groups excluding tert-OH is 2. The zero-order valence-electron chi connectivity index (χ0n) is 10.8. The van der Waals surface area contributed by atoms with Crippen LogP contribution < -0.4 is 0 Å². The third-order valence-electron chi connectivity index (χ3n) is 1.60. The number of carbonyl (C=O) groups is 2. The highest BCUT2D eigenvalue weighted by molar-refractivity contribution is 5.85. The second kappa shape index (κ2) is 10.5. The van der Waals surface area contributed by atoms with Crippen LogP contribution >= 0.6 is 0 Å². The number of carboxylic acid groups (broad SMARTS) is 1. The molecule has 0 heterocycles. The molecule has 0 spiro atoms. The predicted molar refractivity (Wildman–Crippen MR) is 65.7 cm³/mol. The second-order valence-electron chi connectivity index (χ2n) is 3.40. The van der Waals surface area contributed by atoms with Crippen LogP contribution in [0.15, 0.2) is 24.3 Å². The Hall–Kier alpha value is -1.66. The van der Waals surface area contributed by atoms with Gasteiger partial charge in [-0.2, -0.15) is 0 Å². The molecule has 2 atom stereocenters. The summed E-state index contributed by atoms with van der Waals surface area (Å²) in [7, 11) is 0. The van der Waals surface area contributed by atoms with Gasteiger partial charge in [0.1, 0.15) is 0 Å². The normalized spacial score (nSPS) is 13.7. The molecule has 0 rings (SSSR count). The van der Waals surface area contributed by atoms with E-state index in [2.05, 4.69) is 11.3 Å². The van der Waals surface area contributed by atoms with Crippen molar-refractivity contribution in [2.45, 2.75) is 39.6 Å². The number of hydrogen-bond donors (Lipinski definition) is 3. The molecule has 0 fully saturated rings. The summed E-state index contributed by atoms with van der Waals surface area (Å²) in [6.07, 6.45) is 1.03. The maximum atomic E-state index is 10.3. The molecule has 18 heavy (non-hydrogen) atoms. The van der Waals surface area contributed by atoms with Crippen molar-refractivity contribution in [3.05, 3.63) is 24.3 Å². The van der Waals surface area contributed by atoms with E-state index in [0.29, 0.717) is 6.42 Å². The minimum Gasteiger partial charge on any atom is -0.478 e. The van der Waals surface area contributed by atoms with Gasteiger partial charge in [0.15, 0.2) is 0 Å². The van der Waals surface area contributed by atoms with E-state index in [-0.39, 0.29) is 5.57 Å². The predicted octanol–water partition coefficient (Wildman–Crippen LogP) is 0.842. The molecule has 0 aromatic heterocycles. The van der Waals surface area contributed by atoms with E-state index in [0.717, 1.165) is 6.08 Å². The molecule has 0 radical (unpaired) electrons. The van der Waals surface area contributed by atoms with E-state index in [1.165, 1.54) is 19.9 Å². The fourth-order valence-electron chi connectivity index (χ4n) is 0.699. The van der Waals surface area contributed by atoms with Gasteiger partial charge in [-0.05, 0) is 19.9 Å². The van der Waals surface area contributed by atoms with Gasteiger partial charge in [0.05, 0.1) is 6.10 Å². The van der Waals surface area contributed by atoms with Crippen LogP contribution in [0, 0.1) is 0 Å². The Morgan fingerprint density at radius 1 is 1.39 bits per heavy atom. The number of aliphatic carboxylic acids is 1. The molecule has 0 saturated carbocycles. The molecule has 0 aromatic carbocycles. The lowest BCUT2D eigenvalue weighted by atomic mass is 10.2. The van der Waals surface area contributed by atoms with Crippen LogP contribution in [0.25, 0.3) is 0 Å². The Labute approximate surface area is 106 Å². The molecule has 0 aliphatic carbocycles. The third kappa shape index (κ3) is 12.4. The average molecular weight is 260 g/mol. The minimum atomic E-state index is -0.990. The van der Waals surface area contributed by atoms with E-state index in [1.807, 2.05) is 0 Å². The number of carbonyl (C=O) groups excluding carboxylic acids is 1. The standard InChI is InChI=1S/2C6H10O3/c1-4(6(8)9)3-5(2)7;1-3-5(7)9-6(8)4-2/h3,5,7H,1-2H3,(H,8,9);3,6,8H,1,4H2,2H3. The van der Waals surface area contributed by atoms with Gasteiger partial charge < -0.3 is 20.1 Å². The summed E-state index contributed by atoms with van der Waals surface area (Å²) in [6, 6.07) is 0. The monoisotopic (exact) mass is 260 g/mol. The summed E-state index contributed by atoms with van der Waals surface area (Å²) in [5.41, 5.74) is 0.171. The smallest absolute Gasteiger partial charge is 0.332 e. The van der Waals surface area contributed by atoms with Crippen LogP contribution in [-0.4, -0.2) is 39.7 Å². The Balaban J connectivity index is 0. The topological polar surface area (TPSA) is 104 Å². The number of rotatable bonds is 5. The lowest BCUT2D eigenvalue weighted by Crippen LogP contribution is -2.14. The van der Waals surface area contributed by atoms with Crippen LogP contribution in [0.1, 0.15) is 27.2 Å². The van der Waals surface area contributed by atoms with Crippen molar-refractivity contribution in [2.24, 2.45) is 0 Å². The highest BCUT2D eigenvalue weighted by Crippen LogP contribution is 1.94. The molecule has 0 aliphatic rings. The fourth-order valence-corrected chi connectivity index (χ4v) is 0.699. The molecule has 3 N–H and O–H groups in total. The first-order valence-corrected chi connectivity index (χ1v) is 5.35. The quantitative estimate of drug-likeness (QED) is 0.384. The van der Waals surface area contributed by atoms with E-state index >= 15 is 0 Å². The van der Waals surface area contributed by atoms with E-state index in [1.54, 1.807) is 6.92 Å². The van der Waals surface area contributed by atoms with Gasteiger partial charge in [0.2, 0.25) is 6.29 Å². The minimum absolute atomic E-state index is 0.171. The first kappa shape index (κ1) is 18.7. The zero-order valence-corrected chi connectivity index (χ0v) is 10.8. The molecule has 6 nitrogen and oxygen atoms in total. The molecule has 0 aromatic rings. The van der Waals surface area contributed by atoms with Crippen LogP contribution in [0.4, 0.5) is 0 Å². The summed E-state index contributed by atoms with van der Waals surface area (Å²) in [5, 5.41) is 25.6. The number of carboxylic acids is 1. The highest BCUT2D eigenvalue weighted by atomic mass is 16.6. The SMILES string of the molecule is C=CC(=O)OC(O)CC.CC(=CC(C)O)C(=O)O. The van der Waals surface area contributed by atoms with Crippen molar-refractivity contribution in [3.63, 3.8) is 0 Å².